The smallest absolute Gasteiger partial charge is 0.146 e. The van der Waals surface area contributed by atoms with Crippen LogP contribution in [0.15, 0.2) is 18.2 Å². The molecule has 1 aromatic carbocycles. The van der Waals surface area contributed by atoms with Gasteiger partial charge in [-0.05, 0) is 38.6 Å². The van der Waals surface area contributed by atoms with Crippen LogP contribution in [-0.4, -0.2) is 43.7 Å². The highest BCUT2D eigenvalue weighted by Gasteiger charge is 2.24. The van der Waals surface area contributed by atoms with E-state index in [2.05, 4.69) is 42.9 Å². The van der Waals surface area contributed by atoms with Crippen molar-refractivity contribution in [3.63, 3.8) is 0 Å². The van der Waals surface area contributed by atoms with Crippen molar-refractivity contribution in [2.45, 2.75) is 45.8 Å². The maximum absolute atomic E-state index is 14.5. The maximum Gasteiger partial charge on any atom is 0.146 e. The molecule has 2 rings (SSSR count). The number of halogens is 1. The molecule has 0 aliphatic carbocycles. The number of hydrogen-bond acceptors (Lipinski definition) is 3. The van der Waals surface area contributed by atoms with Crippen molar-refractivity contribution in [3.8, 4) is 0 Å². The zero-order valence-electron chi connectivity index (χ0n) is 13.7. The Morgan fingerprint density at radius 1 is 1.33 bits per heavy atom. The lowest BCUT2D eigenvalue weighted by molar-refractivity contribution is 0.337. The van der Waals surface area contributed by atoms with Crippen LogP contribution in [0.4, 0.5) is 10.1 Å². The molecule has 3 nitrogen and oxygen atoms in total. The summed E-state index contributed by atoms with van der Waals surface area (Å²) in [5.41, 5.74) is 1.84. The highest BCUT2D eigenvalue weighted by molar-refractivity contribution is 5.56. The normalized spacial score (nSPS) is 20.9. The third-order valence-electron chi connectivity index (χ3n) is 4.11. The average Bonchev–Trinajstić information content (AvgIpc) is 2.57. The second-order valence-electron chi connectivity index (χ2n) is 6.44. The van der Waals surface area contributed by atoms with Crippen LogP contribution in [-0.2, 0) is 6.54 Å². The topological polar surface area (TPSA) is 18.5 Å². The molecule has 1 aliphatic heterocycles. The summed E-state index contributed by atoms with van der Waals surface area (Å²) in [5, 5.41) is 3.40. The lowest BCUT2D eigenvalue weighted by Crippen LogP contribution is -2.39. The largest absolute Gasteiger partial charge is 0.365 e. The Hall–Kier alpha value is -1.13. The summed E-state index contributed by atoms with van der Waals surface area (Å²) in [6.07, 6.45) is 1.08. The number of rotatable bonds is 4. The summed E-state index contributed by atoms with van der Waals surface area (Å²) >= 11 is 0. The van der Waals surface area contributed by atoms with E-state index in [1.807, 2.05) is 12.1 Å². The van der Waals surface area contributed by atoms with Crippen molar-refractivity contribution >= 4 is 5.69 Å². The van der Waals surface area contributed by atoms with Gasteiger partial charge in [-0.2, -0.15) is 0 Å². The van der Waals surface area contributed by atoms with Crippen molar-refractivity contribution in [3.05, 3.63) is 29.6 Å². The number of nitrogens with one attached hydrogen (secondary N) is 1. The first-order chi connectivity index (χ1) is 9.99. The Morgan fingerprint density at radius 2 is 2.10 bits per heavy atom. The van der Waals surface area contributed by atoms with E-state index in [0.717, 1.165) is 37.3 Å². The predicted molar refractivity (Wildman–Crippen MR) is 87.3 cm³/mol. The molecule has 1 aliphatic rings. The molecule has 0 radical (unpaired) electrons. The zero-order valence-corrected chi connectivity index (χ0v) is 13.7. The third kappa shape index (κ3) is 4.17. The van der Waals surface area contributed by atoms with Crippen LogP contribution in [0.25, 0.3) is 0 Å². The summed E-state index contributed by atoms with van der Waals surface area (Å²) in [6.45, 7) is 10.1. The van der Waals surface area contributed by atoms with Gasteiger partial charge in [-0.15, -0.1) is 0 Å². The van der Waals surface area contributed by atoms with E-state index in [0.29, 0.717) is 18.6 Å². The quantitative estimate of drug-likeness (QED) is 0.921. The minimum Gasteiger partial charge on any atom is -0.365 e. The molecule has 0 saturated carbocycles. The van der Waals surface area contributed by atoms with Gasteiger partial charge in [0.1, 0.15) is 5.82 Å². The van der Waals surface area contributed by atoms with Crippen molar-refractivity contribution in [2.75, 3.05) is 31.6 Å². The maximum atomic E-state index is 14.5. The van der Waals surface area contributed by atoms with E-state index in [-0.39, 0.29) is 5.82 Å². The van der Waals surface area contributed by atoms with Crippen LogP contribution in [0.1, 0.15) is 32.8 Å². The van der Waals surface area contributed by atoms with Crippen LogP contribution in [0.3, 0.4) is 0 Å². The molecule has 4 heteroatoms. The van der Waals surface area contributed by atoms with Gasteiger partial charge in [-0.25, -0.2) is 4.39 Å². The predicted octanol–water partition coefficient (Wildman–Crippen LogP) is 2.85. The van der Waals surface area contributed by atoms with E-state index in [1.165, 1.54) is 0 Å². The van der Waals surface area contributed by atoms with E-state index in [9.17, 15) is 4.39 Å². The Morgan fingerprint density at radius 3 is 2.81 bits per heavy atom. The Labute approximate surface area is 128 Å². The molecule has 1 saturated heterocycles. The van der Waals surface area contributed by atoms with Gasteiger partial charge in [0.15, 0.2) is 0 Å². The highest BCUT2D eigenvalue weighted by Crippen LogP contribution is 2.28. The van der Waals surface area contributed by atoms with Gasteiger partial charge in [0.2, 0.25) is 0 Å². The van der Waals surface area contributed by atoms with Crippen LogP contribution in [0.5, 0.6) is 0 Å². The molecule has 1 aromatic rings. The number of nitrogens with zero attached hydrogens (tertiary/aromatic N) is 2. The first-order valence-corrected chi connectivity index (χ1v) is 7.95. The van der Waals surface area contributed by atoms with Gasteiger partial charge in [0.25, 0.3) is 0 Å². The summed E-state index contributed by atoms with van der Waals surface area (Å²) in [7, 11) is 2.14. The van der Waals surface area contributed by atoms with E-state index in [4.69, 9.17) is 0 Å². The van der Waals surface area contributed by atoms with Crippen LogP contribution in [0.2, 0.25) is 0 Å². The number of hydrogen-bond donors (Lipinski definition) is 1. The molecule has 1 heterocycles. The number of para-hydroxylation sites is 1. The summed E-state index contributed by atoms with van der Waals surface area (Å²) in [4.78, 5) is 4.58. The van der Waals surface area contributed by atoms with E-state index < -0.39 is 0 Å². The standard InChI is InChI=1S/C17H28FN3/c1-13(2)19-11-15-7-5-8-16(18)17(15)21-10-6-9-20(4)12-14(21)3/h5,7-8,13-14,19H,6,9-12H2,1-4H3. The molecule has 1 N–H and O–H groups in total. The van der Waals surface area contributed by atoms with Crippen LogP contribution < -0.4 is 10.2 Å². The highest BCUT2D eigenvalue weighted by atomic mass is 19.1. The molecule has 0 amide bonds. The second kappa shape index (κ2) is 7.23. The molecule has 0 bridgehead atoms. The van der Waals surface area contributed by atoms with Gasteiger partial charge >= 0.3 is 0 Å². The van der Waals surface area contributed by atoms with Crippen molar-refractivity contribution < 1.29 is 4.39 Å². The van der Waals surface area contributed by atoms with Crippen molar-refractivity contribution in [1.82, 2.24) is 10.2 Å². The molecular formula is C17H28FN3. The third-order valence-corrected chi connectivity index (χ3v) is 4.11. The van der Waals surface area contributed by atoms with Crippen molar-refractivity contribution in [1.29, 1.82) is 0 Å². The number of benzene rings is 1. The molecule has 21 heavy (non-hydrogen) atoms. The van der Waals surface area contributed by atoms with Crippen LogP contribution in [0, 0.1) is 5.82 Å². The van der Waals surface area contributed by atoms with E-state index >= 15 is 0 Å². The average molecular weight is 293 g/mol. The zero-order chi connectivity index (χ0) is 15.4. The minimum atomic E-state index is -0.102. The molecule has 0 aromatic heterocycles. The summed E-state index contributed by atoms with van der Waals surface area (Å²) in [6, 6.07) is 6.15. The fourth-order valence-corrected chi connectivity index (χ4v) is 3.04. The molecule has 0 spiro atoms. The number of anilines is 1. The van der Waals surface area contributed by atoms with Gasteiger partial charge in [0.05, 0.1) is 5.69 Å². The monoisotopic (exact) mass is 293 g/mol. The van der Waals surface area contributed by atoms with Gasteiger partial charge < -0.3 is 15.1 Å². The van der Waals surface area contributed by atoms with E-state index in [1.54, 1.807) is 6.07 Å². The number of likely N-dealkylation sites (N-methyl/N-ethyl adjacent to an activating group) is 1. The minimum absolute atomic E-state index is 0.102. The molecule has 1 unspecified atom stereocenters. The molecule has 1 fully saturated rings. The fourth-order valence-electron chi connectivity index (χ4n) is 3.04. The fraction of sp³-hybridized carbons (Fsp3) is 0.647. The van der Waals surface area contributed by atoms with Gasteiger partial charge in [-0.3, -0.25) is 0 Å². The molecule has 118 valence electrons. The van der Waals surface area contributed by atoms with Crippen LogP contribution >= 0.6 is 0 Å². The Balaban J connectivity index is 2.28. The molecule has 1 atom stereocenters. The Bertz CT molecular complexity index is 461. The Kier molecular flexibility index (Phi) is 5.59. The summed E-state index contributed by atoms with van der Waals surface area (Å²) in [5.74, 6) is -0.102. The lowest BCUT2D eigenvalue weighted by Gasteiger charge is -2.32. The lowest BCUT2D eigenvalue weighted by atomic mass is 10.1. The first-order valence-electron chi connectivity index (χ1n) is 7.95. The second-order valence-corrected chi connectivity index (χ2v) is 6.44. The SMILES string of the molecule is CC(C)NCc1cccc(F)c1N1CCCN(C)CC1C. The first kappa shape index (κ1) is 16.2. The van der Waals surface area contributed by atoms with Crippen molar-refractivity contribution in [2.24, 2.45) is 0 Å². The summed E-state index contributed by atoms with van der Waals surface area (Å²) < 4.78 is 14.5. The molecular weight excluding hydrogens is 265 g/mol. The van der Waals surface area contributed by atoms with Gasteiger partial charge in [0, 0.05) is 31.7 Å². The van der Waals surface area contributed by atoms with Gasteiger partial charge in [-0.1, -0.05) is 26.0 Å².